The number of hydrogen-bond donors (Lipinski definition) is 1. The molecule has 2 nitrogen and oxygen atoms in total. The van der Waals surface area contributed by atoms with Crippen molar-refractivity contribution in [1.82, 2.24) is 0 Å². The van der Waals surface area contributed by atoms with Gasteiger partial charge in [0.25, 0.3) is 0 Å². The second-order valence-corrected chi connectivity index (χ2v) is 5.06. The quantitative estimate of drug-likeness (QED) is 0.750. The molecular formula is C15H9FO2S. The molecule has 0 amide bonds. The Kier molecular flexibility index (Phi) is 2.80. The summed E-state index contributed by atoms with van der Waals surface area (Å²) in [5.41, 5.74) is 1.28. The molecule has 0 spiro atoms. The minimum atomic E-state index is -1.05. The van der Waals surface area contributed by atoms with Crippen LogP contribution in [0.25, 0.3) is 21.2 Å². The Labute approximate surface area is 112 Å². The molecule has 0 saturated heterocycles. The number of halogens is 1. The highest BCUT2D eigenvalue weighted by atomic mass is 32.1. The Morgan fingerprint density at radius 1 is 1.11 bits per heavy atom. The van der Waals surface area contributed by atoms with Crippen LogP contribution < -0.4 is 0 Å². The van der Waals surface area contributed by atoms with E-state index in [-0.39, 0.29) is 5.56 Å². The fraction of sp³-hybridized carbons (Fsp3) is 0. The number of carbonyl (C=O) groups is 1. The lowest BCUT2D eigenvalue weighted by atomic mass is 9.98. The lowest BCUT2D eigenvalue weighted by molar-refractivity contribution is 0.0697. The molecule has 0 saturated carbocycles. The summed E-state index contributed by atoms with van der Waals surface area (Å²) in [6.07, 6.45) is 0. The minimum absolute atomic E-state index is 0.113. The molecule has 0 fully saturated rings. The van der Waals surface area contributed by atoms with E-state index in [4.69, 9.17) is 0 Å². The van der Waals surface area contributed by atoms with Gasteiger partial charge < -0.3 is 5.11 Å². The predicted molar refractivity (Wildman–Crippen MR) is 74.2 cm³/mol. The van der Waals surface area contributed by atoms with Gasteiger partial charge in [0.05, 0.1) is 5.56 Å². The third-order valence-corrected chi connectivity index (χ3v) is 3.94. The minimum Gasteiger partial charge on any atom is -0.478 e. The van der Waals surface area contributed by atoms with Crippen molar-refractivity contribution in [2.24, 2.45) is 0 Å². The molecule has 2 aromatic carbocycles. The van der Waals surface area contributed by atoms with Crippen LogP contribution in [0.15, 0.2) is 47.8 Å². The maximum atomic E-state index is 13.4. The molecule has 3 rings (SSSR count). The smallest absolute Gasteiger partial charge is 0.336 e. The molecule has 0 bridgehead atoms. The van der Waals surface area contributed by atoms with Crippen LogP contribution in [-0.4, -0.2) is 11.1 Å². The molecule has 19 heavy (non-hydrogen) atoms. The van der Waals surface area contributed by atoms with Gasteiger partial charge in [-0.25, -0.2) is 9.18 Å². The maximum Gasteiger partial charge on any atom is 0.336 e. The van der Waals surface area contributed by atoms with Crippen LogP contribution in [-0.2, 0) is 0 Å². The van der Waals surface area contributed by atoms with Gasteiger partial charge in [-0.05, 0) is 35.0 Å². The largest absolute Gasteiger partial charge is 0.478 e. The van der Waals surface area contributed by atoms with Crippen LogP contribution in [0.1, 0.15) is 10.4 Å². The van der Waals surface area contributed by atoms with Crippen molar-refractivity contribution in [3.8, 4) is 11.1 Å². The van der Waals surface area contributed by atoms with Crippen LogP contribution in [0.5, 0.6) is 0 Å². The molecule has 1 N–H and O–H groups in total. The van der Waals surface area contributed by atoms with E-state index in [9.17, 15) is 14.3 Å². The highest BCUT2D eigenvalue weighted by Crippen LogP contribution is 2.34. The third-order valence-electron chi connectivity index (χ3n) is 2.98. The maximum absolute atomic E-state index is 13.4. The average Bonchev–Trinajstić information content (AvgIpc) is 2.86. The zero-order chi connectivity index (χ0) is 13.4. The molecule has 1 heterocycles. The van der Waals surface area contributed by atoms with Crippen LogP contribution in [0.2, 0.25) is 0 Å². The Morgan fingerprint density at radius 2 is 1.95 bits per heavy atom. The molecule has 94 valence electrons. The highest BCUT2D eigenvalue weighted by Gasteiger charge is 2.15. The van der Waals surface area contributed by atoms with E-state index in [1.54, 1.807) is 0 Å². The predicted octanol–water partition coefficient (Wildman–Crippen LogP) is 4.41. The van der Waals surface area contributed by atoms with Crippen LogP contribution >= 0.6 is 11.3 Å². The standard InChI is InChI=1S/C15H9FO2S/c16-10-4-5-12(15(17)18)13(8-10)11-3-1-2-9-6-7-19-14(9)11/h1-8H,(H,17,18). The Balaban J connectivity index is 2.35. The summed E-state index contributed by atoms with van der Waals surface area (Å²) < 4.78 is 14.4. The number of carboxylic acid groups (broad SMARTS) is 1. The second kappa shape index (κ2) is 4.48. The van der Waals surface area contributed by atoms with Gasteiger partial charge in [-0.3, -0.25) is 0 Å². The summed E-state index contributed by atoms with van der Waals surface area (Å²) in [6.45, 7) is 0. The third kappa shape index (κ3) is 2.00. The number of fused-ring (bicyclic) bond motifs is 1. The summed E-state index contributed by atoms with van der Waals surface area (Å²) in [4.78, 5) is 11.3. The van der Waals surface area contributed by atoms with Gasteiger partial charge >= 0.3 is 5.97 Å². The summed E-state index contributed by atoms with van der Waals surface area (Å²) in [5, 5.41) is 12.2. The first-order valence-corrected chi connectivity index (χ1v) is 6.54. The van der Waals surface area contributed by atoms with Crippen molar-refractivity contribution in [3.05, 3.63) is 59.2 Å². The molecule has 0 atom stereocenters. The zero-order valence-corrected chi connectivity index (χ0v) is 10.6. The normalized spacial score (nSPS) is 10.8. The van der Waals surface area contributed by atoms with Crippen LogP contribution in [0, 0.1) is 5.82 Å². The molecule has 0 unspecified atom stereocenters. The zero-order valence-electron chi connectivity index (χ0n) is 9.76. The van der Waals surface area contributed by atoms with Gasteiger partial charge in [0.1, 0.15) is 5.82 Å². The fourth-order valence-corrected chi connectivity index (χ4v) is 3.06. The number of thiophene rings is 1. The van der Waals surface area contributed by atoms with Crippen molar-refractivity contribution in [2.45, 2.75) is 0 Å². The monoisotopic (exact) mass is 272 g/mol. The molecule has 0 aliphatic heterocycles. The molecule has 3 aromatic rings. The summed E-state index contributed by atoms with van der Waals surface area (Å²) in [7, 11) is 0. The van der Waals surface area contributed by atoms with Crippen molar-refractivity contribution in [3.63, 3.8) is 0 Å². The van der Waals surface area contributed by atoms with Gasteiger partial charge in [-0.15, -0.1) is 11.3 Å². The van der Waals surface area contributed by atoms with Gasteiger partial charge in [0, 0.05) is 15.8 Å². The average molecular weight is 272 g/mol. The fourth-order valence-electron chi connectivity index (χ4n) is 2.13. The summed E-state index contributed by atoms with van der Waals surface area (Å²) in [6, 6.07) is 11.3. The van der Waals surface area contributed by atoms with E-state index in [0.29, 0.717) is 5.56 Å². The van der Waals surface area contributed by atoms with Gasteiger partial charge in [0.2, 0.25) is 0 Å². The van der Waals surface area contributed by atoms with Crippen molar-refractivity contribution in [1.29, 1.82) is 0 Å². The Bertz CT molecular complexity index is 777. The van der Waals surface area contributed by atoms with E-state index in [2.05, 4.69) is 0 Å². The number of rotatable bonds is 2. The Morgan fingerprint density at radius 3 is 2.74 bits per heavy atom. The molecule has 0 aliphatic carbocycles. The lowest BCUT2D eigenvalue weighted by Crippen LogP contribution is -2.00. The summed E-state index contributed by atoms with van der Waals surface area (Å²) >= 11 is 1.52. The SMILES string of the molecule is O=C(O)c1ccc(F)cc1-c1cccc2ccsc12. The molecular weight excluding hydrogens is 263 g/mol. The van der Waals surface area contributed by atoms with Crippen molar-refractivity contribution in [2.75, 3.05) is 0 Å². The molecule has 0 radical (unpaired) electrons. The van der Waals surface area contributed by atoms with Crippen molar-refractivity contribution >= 4 is 27.4 Å². The topological polar surface area (TPSA) is 37.3 Å². The summed E-state index contributed by atoms with van der Waals surface area (Å²) in [5.74, 6) is -1.49. The van der Waals surface area contributed by atoms with E-state index in [1.165, 1.54) is 29.5 Å². The first-order valence-electron chi connectivity index (χ1n) is 5.66. The van der Waals surface area contributed by atoms with E-state index in [1.807, 2.05) is 29.6 Å². The van der Waals surface area contributed by atoms with Crippen LogP contribution in [0.4, 0.5) is 4.39 Å². The number of benzene rings is 2. The van der Waals surface area contributed by atoms with Crippen LogP contribution in [0.3, 0.4) is 0 Å². The molecule has 1 aromatic heterocycles. The van der Waals surface area contributed by atoms with Gasteiger partial charge in [-0.2, -0.15) is 0 Å². The highest BCUT2D eigenvalue weighted by molar-refractivity contribution is 7.17. The number of hydrogen-bond acceptors (Lipinski definition) is 2. The van der Waals surface area contributed by atoms with E-state index < -0.39 is 11.8 Å². The van der Waals surface area contributed by atoms with E-state index >= 15 is 0 Å². The first kappa shape index (κ1) is 11.9. The van der Waals surface area contributed by atoms with Gasteiger partial charge in [0.15, 0.2) is 0 Å². The first-order chi connectivity index (χ1) is 9.16. The van der Waals surface area contributed by atoms with E-state index in [0.717, 1.165) is 15.6 Å². The lowest BCUT2D eigenvalue weighted by Gasteiger charge is -2.07. The van der Waals surface area contributed by atoms with Crippen molar-refractivity contribution < 1.29 is 14.3 Å². The van der Waals surface area contributed by atoms with Gasteiger partial charge in [-0.1, -0.05) is 18.2 Å². The number of aromatic carboxylic acids is 1. The molecule has 4 heteroatoms. The Hall–Kier alpha value is -2.20. The number of carboxylic acids is 1. The second-order valence-electron chi connectivity index (χ2n) is 4.14. The molecule has 0 aliphatic rings.